The van der Waals surface area contributed by atoms with E-state index in [1.807, 2.05) is 19.2 Å². The molecule has 4 rings (SSSR count). The molecule has 0 spiro atoms. The van der Waals surface area contributed by atoms with E-state index in [0.717, 1.165) is 56.3 Å². The minimum Gasteiger partial charge on any atom is -0.369 e. The molecule has 1 saturated heterocycles. The highest BCUT2D eigenvalue weighted by Gasteiger charge is 2.82. The highest BCUT2D eigenvalue weighted by molar-refractivity contribution is 5.76. The van der Waals surface area contributed by atoms with Crippen LogP contribution in [-0.4, -0.2) is 89.2 Å². The van der Waals surface area contributed by atoms with E-state index in [2.05, 4.69) is 25.1 Å². The van der Waals surface area contributed by atoms with Crippen LogP contribution in [0.3, 0.4) is 0 Å². The lowest BCUT2D eigenvalue weighted by molar-refractivity contribution is -0.386. The Morgan fingerprint density at radius 1 is 0.808 bits per heavy atom. The third kappa shape index (κ3) is 8.23. The molecule has 1 unspecified atom stereocenters. The summed E-state index contributed by atoms with van der Waals surface area (Å²) in [6, 6.07) is 9.40. The van der Waals surface area contributed by atoms with Crippen molar-refractivity contribution in [2.45, 2.75) is 88.0 Å². The van der Waals surface area contributed by atoms with Crippen LogP contribution in [0.15, 0.2) is 47.4 Å². The summed E-state index contributed by atoms with van der Waals surface area (Å²) in [5, 5.41) is 3.08. The minimum absolute atomic E-state index is 0.103. The summed E-state index contributed by atoms with van der Waals surface area (Å²) in [5.74, 6) is -29.2. The van der Waals surface area contributed by atoms with Crippen molar-refractivity contribution in [2.75, 3.05) is 43.4 Å². The molecule has 52 heavy (non-hydrogen) atoms. The van der Waals surface area contributed by atoms with Gasteiger partial charge in [-0.1, -0.05) is 6.42 Å². The lowest BCUT2D eigenvalue weighted by Crippen LogP contribution is -2.65. The van der Waals surface area contributed by atoms with Gasteiger partial charge in [0.1, 0.15) is 5.65 Å². The molecular weight excluding hydrogens is 724 g/mol. The van der Waals surface area contributed by atoms with Crippen molar-refractivity contribution in [2.24, 2.45) is 5.92 Å². The summed E-state index contributed by atoms with van der Waals surface area (Å²) in [7, 11) is 2.02. The summed E-state index contributed by atoms with van der Waals surface area (Å²) in [6.45, 7) is 5.56. The highest BCUT2D eigenvalue weighted by Crippen LogP contribution is 2.56. The summed E-state index contributed by atoms with van der Waals surface area (Å²) in [6.07, 6.45) is -11.4. The van der Waals surface area contributed by atoms with Crippen LogP contribution >= 0.6 is 0 Å². The van der Waals surface area contributed by atoms with Crippen molar-refractivity contribution in [3.05, 3.63) is 52.9 Å². The lowest BCUT2D eigenvalue weighted by Gasteiger charge is -2.42. The molecule has 0 radical (unpaired) electrons. The maximum absolute atomic E-state index is 15.3. The second-order valence-electron chi connectivity index (χ2n) is 13.4. The number of anilines is 3. The first kappa shape index (κ1) is 41.0. The van der Waals surface area contributed by atoms with Gasteiger partial charge in [-0.05, 0) is 70.0 Å². The average molecular weight is 763 g/mol. The number of hydrogen-bond donors (Lipinski definition) is 1. The first-order valence-electron chi connectivity index (χ1n) is 16.3. The standard InChI is InChI=1S/C33H38F12N6O/c1-29(2,21(6-4-5-7-24(34)35)18-30(38,39)32(42,43)33(44,45)31(40,41)27(36)37)51-25(52)13-8-20-19-46-28(48-26(20)51)47-22-9-11-23(12-10-22)50-16-14-49(3)15-17-50/h8-13,19,21,24,27H,4-7,14-18H2,1-3H3,(H,46,47,48). The number of rotatable bonds is 16. The predicted octanol–water partition coefficient (Wildman–Crippen LogP) is 8.66. The van der Waals surface area contributed by atoms with Gasteiger partial charge in [0.15, 0.2) is 0 Å². The number of aromatic nitrogens is 3. The van der Waals surface area contributed by atoms with E-state index < -0.39 is 72.8 Å². The van der Waals surface area contributed by atoms with E-state index in [-0.39, 0.29) is 29.8 Å². The normalized spacial score (nSPS) is 16.3. The SMILES string of the molecule is CN1CCN(c2ccc(Nc3ncc4ccc(=O)n(C(C)(C)C(CCCCC(F)F)CC(F)(F)C(F)(F)C(F)(F)C(F)(F)C(F)F)c4n3)cc2)CC1. The van der Waals surface area contributed by atoms with E-state index in [1.54, 1.807) is 12.1 Å². The van der Waals surface area contributed by atoms with Gasteiger partial charge in [0, 0.05) is 73.6 Å². The molecule has 7 nitrogen and oxygen atoms in total. The Morgan fingerprint density at radius 2 is 1.40 bits per heavy atom. The number of likely N-dealkylation sites (N-methyl/N-ethyl adjacent to an activating group) is 1. The molecule has 2 aromatic heterocycles. The van der Waals surface area contributed by atoms with Crippen LogP contribution in [0.5, 0.6) is 0 Å². The highest BCUT2D eigenvalue weighted by atomic mass is 19.4. The van der Waals surface area contributed by atoms with Crippen LogP contribution in [0.25, 0.3) is 11.0 Å². The van der Waals surface area contributed by atoms with E-state index in [1.165, 1.54) is 12.3 Å². The second-order valence-corrected chi connectivity index (χ2v) is 13.4. The van der Waals surface area contributed by atoms with Crippen LogP contribution in [0.2, 0.25) is 0 Å². The quantitative estimate of drug-likeness (QED) is 0.117. The van der Waals surface area contributed by atoms with Crippen LogP contribution in [-0.2, 0) is 5.54 Å². The Bertz CT molecular complexity index is 1710. The van der Waals surface area contributed by atoms with Gasteiger partial charge in [-0.25, -0.2) is 22.5 Å². The van der Waals surface area contributed by atoms with Gasteiger partial charge in [-0.2, -0.15) is 40.1 Å². The molecule has 1 aliphatic heterocycles. The Balaban J connectivity index is 1.71. The van der Waals surface area contributed by atoms with Gasteiger partial charge in [-0.15, -0.1) is 0 Å². The maximum Gasteiger partial charge on any atom is 0.384 e. The first-order valence-corrected chi connectivity index (χ1v) is 16.3. The van der Waals surface area contributed by atoms with Gasteiger partial charge in [0.05, 0.1) is 0 Å². The fourth-order valence-electron chi connectivity index (χ4n) is 6.18. The number of benzene rings is 1. The van der Waals surface area contributed by atoms with Crippen molar-refractivity contribution in [1.29, 1.82) is 0 Å². The zero-order valence-electron chi connectivity index (χ0n) is 28.3. The summed E-state index contributed by atoms with van der Waals surface area (Å²) in [5.41, 5.74) is -1.78. The van der Waals surface area contributed by atoms with Crippen LogP contribution < -0.4 is 15.8 Å². The molecular formula is C33H38F12N6O. The largest absolute Gasteiger partial charge is 0.384 e. The van der Waals surface area contributed by atoms with Crippen molar-refractivity contribution >= 4 is 28.4 Å². The molecule has 1 fully saturated rings. The fourth-order valence-corrected chi connectivity index (χ4v) is 6.18. The van der Waals surface area contributed by atoms with Gasteiger partial charge in [0.2, 0.25) is 12.4 Å². The topological polar surface area (TPSA) is 66.3 Å². The van der Waals surface area contributed by atoms with Gasteiger partial charge in [-0.3, -0.25) is 9.36 Å². The minimum atomic E-state index is -7.21. The number of pyridine rings is 1. The molecule has 1 aliphatic rings. The molecule has 0 bridgehead atoms. The number of nitrogens with one attached hydrogen (secondary N) is 1. The van der Waals surface area contributed by atoms with Crippen molar-refractivity contribution in [1.82, 2.24) is 19.4 Å². The number of hydrogen-bond acceptors (Lipinski definition) is 6. The third-order valence-corrected chi connectivity index (χ3v) is 9.47. The molecule has 0 amide bonds. The monoisotopic (exact) mass is 762 g/mol. The molecule has 3 aromatic rings. The fraction of sp³-hybridized carbons (Fsp3) is 0.606. The average Bonchev–Trinajstić information content (AvgIpc) is 3.06. The maximum atomic E-state index is 15.3. The second kappa shape index (κ2) is 15.3. The number of piperazine rings is 1. The van der Waals surface area contributed by atoms with E-state index in [0.29, 0.717) is 5.69 Å². The Morgan fingerprint density at radius 3 is 1.98 bits per heavy atom. The molecule has 0 saturated carbocycles. The lowest BCUT2D eigenvalue weighted by atomic mass is 9.77. The molecule has 1 atom stereocenters. The summed E-state index contributed by atoms with van der Waals surface area (Å²) < 4.78 is 167. The van der Waals surface area contributed by atoms with E-state index in [9.17, 15) is 48.7 Å². The molecule has 3 heterocycles. The summed E-state index contributed by atoms with van der Waals surface area (Å²) in [4.78, 5) is 26.3. The van der Waals surface area contributed by atoms with Crippen molar-refractivity contribution in [3.63, 3.8) is 0 Å². The van der Waals surface area contributed by atoms with Crippen LogP contribution in [0.1, 0.15) is 46.0 Å². The molecule has 1 aromatic carbocycles. The van der Waals surface area contributed by atoms with Crippen LogP contribution in [0.4, 0.5) is 70.0 Å². The number of unbranched alkanes of at least 4 members (excludes halogenated alkanes) is 1. The summed E-state index contributed by atoms with van der Waals surface area (Å²) >= 11 is 0. The number of halogens is 12. The van der Waals surface area contributed by atoms with E-state index in [4.69, 9.17) is 0 Å². The Labute approximate surface area is 291 Å². The zero-order valence-corrected chi connectivity index (χ0v) is 28.3. The molecule has 290 valence electrons. The third-order valence-electron chi connectivity index (χ3n) is 9.47. The van der Waals surface area contributed by atoms with Crippen LogP contribution in [0, 0.1) is 5.92 Å². The van der Waals surface area contributed by atoms with Gasteiger partial charge < -0.3 is 15.1 Å². The van der Waals surface area contributed by atoms with Gasteiger partial charge >= 0.3 is 30.1 Å². The predicted molar refractivity (Wildman–Crippen MR) is 171 cm³/mol. The molecule has 0 aliphatic carbocycles. The van der Waals surface area contributed by atoms with E-state index >= 15 is 8.78 Å². The van der Waals surface area contributed by atoms with Crippen molar-refractivity contribution in [3.8, 4) is 0 Å². The number of fused-ring (bicyclic) bond motifs is 1. The van der Waals surface area contributed by atoms with Gasteiger partial charge in [0.25, 0.3) is 5.56 Å². The first-order chi connectivity index (χ1) is 24.0. The smallest absolute Gasteiger partial charge is 0.369 e. The van der Waals surface area contributed by atoms with Crippen molar-refractivity contribution < 1.29 is 52.7 Å². The zero-order chi connectivity index (χ0) is 38.9. The number of nitrogens with zero attached hydrogens (tertiary/aromatic N) is 5. The molecule has 1 N–H and O–H groups in total. The Hall–Kier alpha value is -3.77. The number of alkyl halides is 12. The Kier molecular flexibility index (Phi) is 12.1. The molecule has 19 heteroatoms.